The van der Waals surface area contributed by atoms with E-state index in [9.17, 15) is 4.79 Å². The van der Waals surface area contributed by atoms with Crippen molar-refractivity contribution in [3.8, 4) is 0 Å². The molecule has 1 atom stereocenters. The van der Waals surface area contributed by atoms with E-state index in [-0.39, 0.29) is 18.6 Å². The van der Waals surface area contributed by atoms with Crippen LogP contribution in [-0.2, 0) is 4.79 Å². The number of carbonyl (C=O) groups is 1. The van der Waals surface area contributed by atoms with Crippen LogP contribution in [0.3, 0.4) is 0 Å². The number of amides is 1. The van der Waals surface area contributed by atoms with Gasteiger partial charge < -0.3 is 10.4 Å². The predicted octanol–water partition coefficient (Wildman–Crippen LogP) is 1.80. The number of aliphatic hydroxyl groups is 1. The first kappa shape index (κ1) is 14.8. The van der Waals surface area contributed by atoms with E-state index in [2.05, 4.69) is 12.2 Å². The molecular formula is C11H23NO2S. The Balaban J connectivity index is 3.40. The summed E-state index contributed by atoms with van der Waals surface area (Å²) in [5.41, 5.74) is 0. The molecular weight excluding hydrogens is 210 g/mol. The summed E-state index contributed by atoms with van der Waals surface area (Å²) in [5, 5.41) is 11.5. The quantitative estimate of drug-likeness (QED) is 0.597. The summed E-state index contributed by atoms with van der Waals surface area (Å²) in [4.78, 5) is 11.4. The number of rotatable bonds is 9. The summed E-state index contributed by atoms with van der Waals surface area (Å²) in [6.45, 7) is 4.36. The summed E-state index contributed by atoms with van der Waals surface area (Å²) in [5.74, 6) is 2.35. The number of unbranched alkanes of at least 4 members (excludes halogenated alkanes) is 1. The van der Waals surface area contributed by atoms with Crippen molar-refractivity contribution in [2.75, 3.05) is 18.1 Å². The highest BCUT2D eigenvalue weighted by Gasteiger charge is 2.06. The van der Waals surface area contributed by atoms with Gasteiger partial charge in [-0.1, -0.05) is 6.92 Å². The van der Waals surface area contributed by atoms with Crippen molar-refractivity contribution in [2.45, 2.75) is 45.6 Å². The first-order chi connectivity index (χ1) is 7.20. The smallest absolute Gasteiger partial charge is 0.220 e. The topological polar surface area (TPSA) is 49.3 Å². The molecule has 4 heteroatoms. The number of carbonyl (C=O) groups excluding carboxylic acids is 1. The highest BCUT2D eigenvalue weighted by molar-refractivity contribution is 7.99. The standard InChI is InChI=1S/C11H23NO2S/c1-3-15-9-7-10(2)12-11(14)6-4-5-8-13/h10,13H,3-9H2,1-2H3,(H,12,14). The second-order valence-corrected chi connectivity index (χ2v) is 5.03. The third-order valence-corrected chi connectivity index (χ3v) is 3.05. The van der Waals surface area contributed by atoms with Gasteiger partial charge in [-0.3, -0.25) is 4.79 Å². The van der Waals surface area contributed by atoms with Gasteiger partial charge in [0.1, 0.15) is 0 Å². The van der Waals surface area contributed by atoms with Crippen LogP contribution in [0.2, 0.25) is 0 Å². The Morgan fingerprint density at radius 3 is 2.80 bits per heavy atom. The van der Waals surface area contributed by atoms with Gasteiger partial charge in [-0.15, -0.1) is 0 Å². The minimum Gasteiger partial charge on any atom is -0.396 e. The van der Waals surface area contributed by atoms with Gasteiger partial charge in [0.05, 0.1) is 0 Å². The fraction of sp³-hybridized carbons (Fsp3) is 0.909. The monoisotopic (exact) mass is 233 g/mol. The predicted molar refractivity (Wildman–Crippen MR) is 66.2 cm³/mol. The van der Waals surface area contributed by atoms with Crippen molar-refractivity contribution in [1.29, 1.82) is 0 Å². The summed E-state index contributed by atoms with van der Waals surface area (Å²) in [6.07, 6.45) is 3.06. The number of hydrogen-bond acceptors (Lipinski definition) is 3. The molecule has 90 valence electrons. The van der Waals surface area contributed by atoms with Gasteiger partial charge in [0, 0.05) is 19.1 Å². The van der Waals surface area contributed by atoms with Crippen LogP contribution in [0, 0.1) is 0 Å². The summed E-state index contributed by atoms with van der Waals surface area (Å²) in [7, 11) is 0. The van der Waals surface area contributed by atoms with Gasteiger partial charge in [0.2, 0.25) is 5.91 Å². The first-order valence-corrected chi connectivity index (χ1v) is 6.84. The summed E-state index contributed by atoms with van der Waals surface area (Å²) in [6, 6.07) is 0.269. The average Bonchev–Trinajstić information content (AvgIpc) is 2.18. The average molecular weight is 233 g/mol. The highest BCUT2D eigenvalue weighted by atomic mass is 32.2. The molecule has 0 bridgehead atoms. The van der Waals surface area contributed by atoms with E-state index in [0.29, 0.717) is 12.8 Å². The molecule has 0 radical (unpaired) electrons. The van der Waals surface area contributed by atoms with Crippen LogP contribution in [0.15, 0.2) is 0 Å². The lowest BCUT2D eigenvalue weighted by Gasteiger charge is -2.13. The molecule has 0 saturated heterocycles. The Morgan fingerprint density at radius 2 is 2.20 bits per heavy atom. The Bertz CT molecular complexity index is 165. The largest absolute Gasteiger partial charge is 0.396 e. The zero-order valence-corrected chi connectivity index (χ0v) is 10.6. The maximum atomic E-state index is 11.4. The maximum Gasteiger partial charge on any atom is 0.220 e. The third-order valence-electron chi connectivity index (χ3n) is 2.12. The Hall–Kier alpha value is -0.220. The van der Waals surface area contributed by atoms with Crippen molar-refractivity contribution in [1.82, 2.24) is 5.32 Å². The summed E-state index contributed by atoms with van der Waals surface area (Å²) < 4.78 is 0. The van der Waals surface area contributed by atoms with Crippen molar-refractivity contribution < 1.29 is 9.90 Å². The van der Waals surface area contributed by atoms with E-state index < -0.39 is 0 Å². The molecule has 1 unspecified atom stereocenters. The normalized spacial score (nSPS) is 12.5. The molecule has 0 saturated carbocycles. The molecule has 0 aromatic heterocycles. The van der Waals surface area contributed by atoms with E-state index in [0.717, 1.165) is 24.3 Å². The van der Waals surface area contributed by atoms with Crippen LogP contribution in [0.5, 0.6) is 0 Å². The zero-order valence-electron chi connectivity index (χ0n) is 9.79. The molecule has 2 N–H and O–H groups in total. The molecule has 0 fully saturated rings. The zero-order chi connectivity index (χ0) is 11.5. The van der Waals surface area contributed by atoms with E-state index in [4.69, 9.17) is 5.11 Å². The van der Waals surface area contributed by atoms with E-state index in [1.54, 1.807) is 0 Å². The molecule has 0 aromatic rings. The van der Waals surface area contributed by atoms with Crippen LogP contribution in [0.1, 0.15) is 39.5 Å². The molecule has 0 aliphatic heterocycles. The molecule has 0 aliphatic carbocycles. The molecule has 0 aliphatic rings. The number of nitrogens with one attached hydrogen (secondary N) is 1. The van der Waals surface area contributed by atoms with E-state index in [1.165, 1.54) is 0 Å². The fourth-order valence-electron chi connectivity index (χ4n) is 1.22. The maximum absolute atomic E-state index is 11.4. The molecule has 3 nitrogen and oxygen atoms in total. The van der Waals surface area contributed by atoms with Crippen molar-refractivity contribution in [3.05, 3.63) is 0 Å². The summed E-state index contributed by atoms with van der Waals surface area (Å²) >= 11 is 1.90. The molecule has 0 rings (SSSR count). The lowest BCUT2D eigenvalue weighted by molar-refractivity contribution is -0.121. The molecule has 0 spiro atoms. The van der Waals surface area contributed by atoms with Crippen molar-refractivity contribution in [2.24, 2.45) is 0 Å². The van der Waals surface area contributed by atoms with Crippen LogP contribution in [0.25, 0.3) is 0 Å². The van der Waals surface area contributed by atoms with Gasteiger partial charge in [0.15, 0.2) is 0 Å². The van der Waals surface area contributed by atoms with Crippen LogP contribution in [0.4, 0.5) is 0 Å². The highest BCUT2D eigenvalue weighted by Crippen LogP contribution is 2.04. The van der Waals surface area contributed by atoms with Gasteiger partial charge in [-0.25, -0.2) is 0 Å². The van der Waals surface area contributed by atoms with Crippen LogP contribution in [-0.4, -0.2) is 35.2 Å². The number of aliphatic hydroxyl groups excluding tert-OH is 1. The lowest BCUT2D eigenvalue weighted by atomic mass is 10.2. The first-order valence-electron chi connectivity index (χ1n) is 5.68. The van der Waals surface area contributed by atoms with Crippen molar-refractivity contribution >= 4 is 17.7 Å². The van der Waals surface area contributed by atoms with Gasteiger partial charge >= 0.3 is 0 Å². The third kappa shape index (κ3) is 10.1. The Labute approximate surface area is 97.0 Å². The molecule has 15 heavy (non-hydrogen) atoms. The Kier molecular flexibility index (Phi) is 10.2. The van der Waals surface area contributed by atoms with Gasteiger partial charge in [-0.05, 0) is 37.7 Å². The SMILES string of the molecule is CCSCCC(C)NC(=O)CCCCO. The van der Waals surface area contributed by atoms with Crippen molar-refractivity contribution in [3.63, 3.8) is 0 Å². The minimum absolute atomic E-state index is 0.109. The van der Waals surface area contributed by atoms with Gasteiger partial charge in [-0.2, -0.15) is 11.8 Å². The second kappa shape index (κ2) is 10.3. The number of thioether (sulfide) groups is 1. The van der Waals surface area contributed by atoms with Crippen LogP contribution < -0.4 is 5.32 Å². The minimum atomic E-state index is 0.109. The second-order valence-electron chi connectivity index (χ2n) is 3.63. The van der Waals surface area contributed by atoms with E-state index in [1.807, 2.05) is 18.7 Å². The fourth-order valence-corrected chi connectivity index (χ4v) is 2.03. The van der Waals surface area contributed by atoms with Gasteiger partial charge in [0.25, 0.3) is 0 Å². The number of hydrogen-bond donors (Lipinski definition) is 2. The van der Waals surface area contributed by atoms with Crippen LogP contribution >= 0.6 is 11.8 Å². The van der Waals surface area contributed by atoms with E-state index >= 15 is 0 Å². The molecule has 0 heterocycles. The lowest BCUT2D eigenvalue weighted by Crippen LogP contribution is -2.32. The Morgan fingerprint density at radius 1 is 1.47 bits per heavy atom. The molecule has 0 aromatic carbocycles. The molecule has 1 amide bonds.